The summed E-state index contributed by atoms with van der Waals surface area (Å²) in [6, 6.07) is 5.58. The van der Waals surface area contributed by atoms with Crippen LogP contribution in [-0.4, -0.2) is 31.8 Å². The van der Waals surface area contributed by atoms with Crippen molar-refractivity contribution in [3.8, 4) is 0 Å². The minimum absolute atomic E-state index is 0.110. The molecule has 0 saturated carbocycles. The number of hydrogen-bond acceptors (Lipinski definition) is 4. The van der Waals surface area contributed by atoms with Crippen LogP contribution in [0, 0.1) is 0 Å². The Hall–Kier alpha value is -1.49. The summed E-state index contributed by atoms with van der Waals surface area (Å²) in [5, 5.41) is 19.8. The maximum Gasteiger partial charge on any atom is 0.179 e. The number of rotatable bonds is 2. The molecular weight excluding hydrogens is 156 g/mol. The van der Waals surface area contributed by atoms with E-state index in [1.165, 1.54) is 0 Å². The lowest BCUT2D eigenvalue weighted by Gasteiger charge is -1.98. The third-order valence-electron chi connectivity index (χ3n) is 1.67. The number of pyridine rings is 1. The van der Waals surface area contributed by atoms with E-state index in [9.17, 15) is 0 Å². The number of fused-ring (bicyclic) bond motifs is 1. The van der Waals surface area contributed by atoms with Gasteiger partial charge < -0.3 is 5.11 Å². The second-order valence-corrected chi connectivity index (χ2v) is 2.44. The van der Waals surface area contributed by atoms with Crippen molar-refractivity contribution in [2.24, 2.45) is 0 Å². The molecule has 0 aromatic carbocycles. The number of tetrazole rings is 1. The molecule has 5 heteroatoms. The molecule has 0 aliphatic carbocycles. The molecule has 0 bridgehead atoms. The van der Waals surface area contributed by atoms with Gasteiger partial charge in [0, 0.05) is 18.7 Å². The lowest BCUT2D eigenvalue weighted by Crippen LogP contribution is -2.00. The number of aliphatic hydroxyl groups is 1. The summed E-state index contributed by atoms with van der Waals surface area (Å²) >= 11 is 0. The molecule has 2 aromatic rings. The average molecular weight is 164 g/mol. The number of aromatic nitrogens is 4. The lowest BCUT2D eigenvalue weighted by atomic mass is 10.3. The molecule has 2 aromatic heterocycles. The fourth-order valence-corrected chi connectivity index (χ4v) is 1.12. The first-order valence-corrected chi connectivity index (χ1v) is 3.68. The van der Waals surface area contributed by atoms with Crippen LogP contribution in [0.5, 0.6) is 0 Å². The largest absolute Gasteiger partial charge is 0.396 e. The van der Waals surface area contributed by atoms with Gasteiger partial charge in [0.15, 0.2) is 5.65 Å². The second-order valence-electron chi connectivity index (χ2n) is 2.44. The number of nitrogens with zero attached hydrogens (tertiary/aromatic N) is 4. The SMILES string of the molecule is OCCc1cccc2nnnn12. The van der Waals surface area contributed by atoms with Crippen molar-refractivity contribution in [3.05, 3.63) is 23.9 Å². The quantitative estimate of drug-likeness (QED) is 0.659. The first-order chi connectivity index (χ1) is 5.92. The molecule has 0 aliphatic rings. The molecule has 0 saturated heterocycles. The van der Waals surface area contributed by atoms with Crippen LogP contribution < -0.4 is 0 Å². The minimum atomic E-state index is 0.110. The Labute approximate surface area is 68.6 Å². The summed E-state index contributed by atoms with van der Waals surface area (Å²) in [4.78, 5) is 0. The lowest BCUT2D eigenvalue weighted by molar-refractivity contribution is 0.297. The van der Waals surface area contributed by atoms with Gasteiger partial charge in [0.05, 0.1) is 0 Å². The highest BCUT2D eigenvalue weighted by Gasteiger charge is 2.00. The molecule has 1 N–H and O–H groups in total. The van der Waals surface area contributed by atoms with Gasteiger partial charge in [-0.05, 0) is 22.6 Å². The van der Waals surface area contributed by atoms with E-state index in [1.807, 2.05) is 18.2 Å². The highest BCUT2D eigenvalue weighted by molar-refractivity contribution is 5.36. The van der Waals surface area contributed by atoms with E-state index in [-0.39, 0.29) is 6.61 Å². The molecule has 0 atom stereocenters. The van der Waals surface area contributed by atoms with Crippen LogP contribution in [0.3, 0.4) is 0 Å². The summed E-state index contributed by atoms with van der Waals surface area (Å²) in [6.45, 7) is 0.110. The Morgan fingerprint density at radius 1 is 1.42 bits per heavy atom. The predicted octanol–water partition coefficient (Wildman–Crippen LogP) is -0.341. The van der Waals surface area contributed by atoms with Crippen molar-refractivity contribution in [2.75, 3.05) is 6.61 Å². The van der Waals surface area contributed by atoms with Gasteiger partial charge in [-0.2, -0.15) is 4.52 Å². The molecule has 62 valence electrons. The summed E-state index contributed by atoms with van der Waals surface area (Å²) in [5.74, 6) is 0. The topological polar surface area (TPSA) is 63.3 Å². The molecular formula is C7H8N4O. The number of aliphatic hydroxyl groups excluding tert-OH is 1. The fourth-order valence-electron chi connectivity index (χ4n) is 1.12. The van der Waals surface area contributed by atoms with Gasteiger partial charge in [0.25, 0.3) is 0 Å². The van der Waals surface area contributed by atoms with E-state index >= 15 is 0 Å². The van der Waals surface area contributed by atoms with Gasteiger partial charge in [-0.15, -0.1) is 5.10 Å². The van der Waals surface area contributed by atoms with Crippen LogP contribution in [0.25, 0.3) is 5.65 Å². The maximum absolute atomic E-state index is 8.73. The van der Waals surface area contributed by atoms with Crippen LogP contribution in [0.1, 0.15) is 5.69 Å². The van der Waals surface area contributed by atoms with Crippen molar-refractivity contribution in [2.45, 2.75) is 6.42 Å². The van der Waals surface area contributed by atoms with Crippen LogP contribution in [0.2, 0.25) is 0 Å². The van der Waals surface area contributed by atoms with E-state index in [0.29, 0.717) is 12.1 Å². The van der Waals surface area contributed by atoms with E-state index in [4.69, 9.17) is 5.11 Å². The highest BCUT2D eigenvalue weighted by atomic mass is 16.3. The third kappa shape index (κ3) is 1.04. The zero-order valence-corrected chi connectivity index (χ0v) is 6.38. The Kier molecular flexibility index (Phi) is 1.71. The molecule has 2 heterocycles. The molecule has 0 aliphatic heterocycles. The van der Waals surface area contributed by atoms with Crippen molar-refractivity contribution >= 4 is 5.65 Å². The predicted molar refractivity (Wildman–Crippen MR) is 41.6 cm³/mol. The van der Waals surface area contributed by atoms with Crippen molar-refractivity contribution in [1.82, 2.24) is 20.0 Å². The van der Waals surface area contributed by atoms with Crippen molar-refractivity contribution in [1.29, 1.82) is 0 Å². The van der Waals surface area contributed by atoms with Crippen LogP contribution >= 0.6 is 0 Å². The minimum Gasteiger partial charge on any atom is -0.396 e. The van der Waals surface area contributed by atoms with Gasteiger partial charge in [0.2, 0.25) is 0 Å². The normalized spacial score (nSPS) is 10.8. The summed E-state index contributed by atoms with van der Waals surface area (Å²) in [7, 11) is 0. The first kappa shape index (κ1) is 7.17. The molecule has 0 radical (unpaired) electrons. The van der Waals surface area contributed by atoms with Crippen LogP contribution in [0.4, 0.5) is 0 Å². The Morgan fingerprint density at radius 3 is 3.17 bits per heavy atom. The van der Waals surface area contributed by atoms with Crippen molar-refractivity contribution < 1.29 is 5.11 Å². The molecule has 12 heavy (non-hydrogen) atoms. The third-order valence-corrected chi connectivity index (χ3v) is 1.67. The summed E-state index contributed by atoms with van der Waals surface area (Å²) in [5.41, 5.74) is 1.63. The zero-order chi connectivity index (χ0) is 8.39. The molecule has 0 amide bonds. The smallest absolute Gasteiger partial charge is 0.179 e. The standard InChI is InChI=1S/C7H8N4O/c12-5-4-6-2-1-3-7-8-9-10-11(6)7/h1-3,12H,4-5H2. The molecule has 0 fully saturated rings. The zero-order valence-electron chi connectivity index (χ0n) is 6.38. The second kappa shape index (κ2) is 2.86. The van der Waals surface area contributed by atoms with Gasteiger partial charge in [-0.3, -0.25) is 0 Å². The van der Waals surface area contributed by atoms with Crippen LogP contribution in [-0.2, 0) is 6.42 Å². The average Bonchev–Trinajstić information content (AvgIpc) is 2.53. The van der Waals surface area contributed by atoms with E-state index in [0.717, 1.165) is 5.69 Å². The van der Waals surface area contributed by atoms with E-state index in [1.54, 1.807) is 4.52 Å². The van der Waals surface area contributed by atoms with Gasteiger partial charge >= 0.3 is 0 Å². The summed E-state index contributed by atoms with van der Waals surface area (Å²) in [6.07, 6.45) is 0.572. The Morgan fingerprint density at radius 2 is 2.33 bits per heavy atom. The van der Waals surface area contributed by atoms with Crippen LogP contribution in [0.15, 0.2) is 18.2 Å². The number of hydrogen-bond donors (Lipinski definition) is 1. The monoisotopic (exact) mass is 164 g/mol. The summed E-state index contributed by atoms with van der Waals surface area (Å²) < 4.78 is 1.62. The first-order valence-electron chi connectivity index (χ1n) is 3.68. The van der Waals surface area contributed by atoms with Gasteiger partial charge in [0.1, 0.15) is 0 Å². The molecule has 2 rings (SSSR count). The fraction of sp³-hybridized carbons (Fsp3) is 0.286. The molecule has 0 spiro atoms. The Bertz CT molecular complexity index is 384. The molecule has 5 nitrogen and oxygen atoms in total. The van der Waals surface area contributed by atoms with Crippen molar-refractivity contribution in [3.63, 3.8) is 0 Å². The molecule has 0 unspecified atom stereocenters. The van der Waals surface area contributed by atoms with E-state index < -0.39 is 0 Å². The maximum atomic E-state index is 8.73. The van der Waals surface area contributed by atoms with Gasteiger partial charge in [-0.25, -0.2) is 0 Å². The van der Waals surface area contributed by atoms with E-state index in [2.05, 4.69) is 15.5 Å². The Balaban J connectivity index is 2.57. The van der Waals surface area contributed by atoms with Gasteiger partial charge in [-0.1, -0.05) is 6.07 Å². The highest BCUT2D eigenvalue weighted by Crippen LogP contribution is 2.02.